The van der Waals surface area contributed by atoms with E-state index in [0.29, 0.717) is 5.02 Å². The molecule has 0 fully saturated rings. The highest BCUT2D eigenvalue weighted by atomic mass is 35.5. The monoisotopic (exact) mass is 292 g/mol. The molecule has 92 valence electrons. The highest BCUT2D eigenvalue weighted by molar-refractivity contribution is 6.55. The quantitative estimate of drug-likeness (QED) is 0.894. The van der Waals surface area contributed by atoms with Crippen molar-refractivity contribution in [2.45, 2.75) is 18.8 Å². The van der Waals surface area contributed by atoms with Crippen molar-refractivity contribution in [3.63, 3.8) is 0 Å². The van der Waals surface area contributed by atoms with Crippen LogP contribution in [0.5, 0.6) is 0 Å². The Kier molecular flexibility index (Phi) is 4.87. The first-order chi connectivity index (χ1) is 7.83. The van der Waals surface area contributed by atoms with Gasteiger partial charge in [0, 0.05) is 10.4 Å². The molecule has 17 heavy (non-hydrogen) atoms. The smallest absolute Gasteiger partial charge is 0.304 e. The van der Waals surface area contributed by atoms with Crippen LogP contribution in [0.4, 0.5) is 0 Å². The maximum atomic E-state index is 10.9. The first kappa shape index (κ1) is 14.4. The first-order valence-electron chi connectivity index (χ1n) is 4.85. The Morgan fingerprint density at radius 1 is 1.47 bits per heavy atom. The molecule has 1 atom stereocenters. The highest BCUT2D eigenvalue weighted by Crippen LogP contribution is 2.33. The second-order valence-electron chi connectivity index (χ2n) is 3.93. The number of hydrogen-bond donors (Lipinski definition) is 1. The van der Waals surface area contributed by atoms with Gasteiger partial charge in [-0.05, 0) is 23.8 Å². The summed E-state index contributed by atoms with van der Waals surface area (Å²) < 4.78 is 0.0359. The van der Waals surface area contributed by atoms with Crippen LogP contribution in [0.25, 0.3) is 0 Å². The molecule has 0 saturated carbocycles. The second kappa shape index (κ2) is 5.76. The Balaban J connectivity index is 3.23. The Bertz CT molecular complexity index is 453. The number of aliphatic carboxylic acids is 1. The second-order valence-corrected chi connectivity index (χ2v) is 5.38. The number of carboxylic acids is 1. The van der Waals surface area contributed by atoms with Crippen molar-refractivity contribution >= 4 is 40.8 Å². The predicted molar refractivity (Wildman–Crippen MR) is 70.8 cm³/mol. The maximum Gasteiger partial charge on any atom is 0.304 e. The van der Waals surface area contributed by atoms with Crippen LogP contribution in [0.3, 0.4) is 0 Å². The molecule has 1 aromatic rings. The van der Waals surface area contributed by atoms with Crippen LogP contribution in [0.1, 0.15) is 18.9 Å². The van der Waals surface area contributed by atoms with Crippen molar-refractivity contribution in [1.29, 1.82) is 0 Å². The third kappa shape index (κ3) is 4.23. The summed E-state index contributed by atoms with van der Waals surface area (Å²) in [5.41, 5.74) is -0.0264. The van der Waals surface area contributed by atoms with E-state index < -0.39 is 11.4 Å². The van der Waals surface area contributed by atoms with Gasteiger partial charge < -0.3 is 5.11 Å². The van der Waals surface area contributed by atoms with E-state index >= 15 is 0 Å². The Morgan fingerprint density at radius 2 is 2.12 bits per heavy atom. The molecule has 0 aliphatic rings. The van der Waals surface area contributed by atoms with Gasteiger partial charge in [-0.2, -0.15) is 0 Å². The lowest BCUT2D eigenvalue weighted by Crippen LogP contribution is -2.23. The summed E-state index contributed by atoms with van der Waals surface area (Å²) in [6, 6.07) is 6.98. The molecule has 0 amide bonds. The fourth-order valence-electron chi connectivity index (χ4n) is 1.64. The first-order valence-corrected chi connectivity index (χ1v) is 5.98. The predicted octanol–water partition coefficient (Wildman–Crippen LogP) is 4.39. The minimum absolute atomic E-state index is 0.0359. The van der Waals surface area contributed by atoms with Crippen molar-refractivity contribution in [2.24, 2.45) is 0 Å². The topological polar surface area (TPSA) is 37.3 Å². The average molecular weight is 294 g/mol. The summed E-state index contributed by atoms with van der Waals surface area (Å²) in [6.45, 7) is 1.75. The molecule has 0 aliphatic carbocycles. The zero-order valence-electron chi connectivity index (χ0n) is 9.08. The van der Waals surface area contributed by atoms with E-state index in [-0.39, 0.29) is 10.9 Å². The molecule has 1 unspecified atom stereocenters. The SMILES string of the molecule is CC(C=C(Cl)Cl)(CC(=O)O)c1cccc(Cl)c1. The minimum Gasteiger partial charge on any atom is -0.481 e. The zero-order valence-corrected chi connectivity index (χ0v) is 11.4. The lowest BCUT2D eigenvalue weighted by atomic mass is 9.80. The molecule has 1 N–H and O–H groups in total. The van der Waals surface area contributed by atoms with Gasteiger partial charge in [0.15, 0.2) is 0 Å². The van der Waals surface area contributed by atoms with Crippen LogP contribution in [0, 0.1) is 0 Å². The molecule has 0 aromatic heterocycles. The summed E-state index contributed by atoms with van der Waals surface area (Å²) in [5.74, 6) is -0.932. The van der Waals surface area contributed by atoms with Crippen molar-refractivity contribution in [3.05, 3.63) is 45.4 Å². The Labute approximate surface area is 115 Å². The molecule has 5 heteroatoms. The third-order valence-electron chi connectivity index (χ3n) is 2.43. The summed E-state index contributed by atoms with van der Waals surface area (Å²) in [7, 11) is 0. The zero-order chi connectivity index (χ0) is 13.1. The molecular weight excluding hydrogens is 282 g/mol. The van der Waals surface area contributed by atoms with Crippen LogP contribution >= 0.6 is 34.8 Å². The van der Waals surface area contributed by atoms with Gasteiger partial charge in [-0.15, -0.1) is 0 Å². The fraction of sp³-hybridized carbons (Fsp3) is 0.250. The van der Waals surface area contributed by atoms with Gasteiger partial charge in [0.05, 0.1) is 6.42 Å². The summed E-state index contributed by atoms with van der Waals surface area (Å²) in [5, 5.41) is 9.48. The lowest BCUT2D eigenvalue weighted by Gasteiger charge is -2.25. The van der Waals surface area contributed by atoms with E-state index in [2.05, 4.69) is 0 Å². The molecule has 0 radical (unpaired) electrons. The average Bonchev–Trinajstić information content (AvgIpc) is 2.14. The van der Waals surface area contributed by atoms with E-state index in [9.17, 15) is 4.79 Å². The van der Waals surface area contributed by atoms with Gasteiger partial charge in [-0.25, -0.2) is 0 Å². The van der Waals surface area contributed by atoms with E-state index in [0.717, 1.165) is 5.56 Å². The van der Waals surface area contributed by atoms with Gasteiger partial charge in [0.2, 0.25) is 0 Å². The molecule has 0 heterocycles. The van der Waals surface area contributed by atoms with Crippen LogP contribution in [-0.2, 0) is 10.2 Å². The summed E-state index contributed by atoms with van der Waals surface area (Å²) in [4.78, 5) is 10.9. The molecule has 1 rings (SSSR count). The van der Waals surface area contributed by atoms with E-state index in [1.807, 2.05) is 0 Å². The Hall–Kier alpha value is -0.700. The summed E-state index contributed by atoms with van der Waals surface area (Å²) >= 11 is 17.2. The largest absolute Gasteiger partial charge is 0.481 e. The highest BCUT2D eigenvalue weighted by Gasteiger charge is 2.28. The van der Waals surface area contributed by atoms with Gasteiger partial charge in [0.1, 0.15) is 4.49 Å². The normalized spacial score (nSPS) is 13.9. The van der Waals surface area contributed by atoms with Gasteiger partial charge in [-0.3, -0.25) is 4.79 Å². The van der Waals surface area contributed by atoms with Gasteiger partial charge >= 0.3 is 5.97 Å². The number of hydrogen-bond acceptors (Lipinski definition) is 1. The van der Waals surface area contributed by atoms with Crippen molar-refractivity contribution in [2.75, 3.05) is 0 Å². The number of halogens is 3. The molecule has 0 saturated heterocycles. The van der Waals surface area contributed by atoms with Crippen molar-refractivity contribution < 1.29 is 9.90 Å². The molecule has 0 spiro atoms. The maximum absolute atomic E-state index is 10.9. The number of carboxylic acid groups (broad SMARTS) is 1. The minimum atomic E-state index is -0.932. The van der Waals surface area contributed by atoms with Crippen molar-refractivity contribution in [3.8, 4) is 0 Å². The van der Waals surface area contributed by atoms with Gasteiger partial charge in [-0.1, -0.05) is 53.9 Å². The van der Waals surface area contributed by atoms with Crippen LogP contribution in [0.2, 0.25) is 5.02 Å². The molecular formula is C12H11Cl3O2. The van der Waals surface area contributed by atoms with Crippen LogP contribution in [-0.4, -0.2) is 11.1 Å². The van der Waals surface area contributed by atoms with Crippen LogP contribution < -0.4 is 0 Å². The van der Waals surface area contributed by atoms with Crippen LogP contribution in [0.15, 0.2) is 34.8 Å². The van der Waals surface area contributed by atoms with E-state index in [4.69, 9.17) is 39.9 Å². The number of benzene rings is 1. The van der Waals surface area contributed by atoms with Gasteiger partial charge in [0.25, 0.3) is 0 Å². The number of rotatable bonds is 4. The Morgan fingerprint density at radius 3 is 2.59 bits per heavy atom. The molecule has 2 nitrogen and oxygen atoms in total. The summed E-state index contributed by atoms with van der Waals surface area (Å²) in [6.07, 6.45) is 1.40. The number of allylic oxidation sites excluding steroid dienone is 1. The standard InChI is InChI=1S/C12H11Cl3O2/c1-12(6-10(14)15,7-11(16)17)8-3-2-4-9(13)5-8/h2-6H,7H2,1H3,(H,16,17). The fourth-order valence-corrected chi connectivity index (χ4v) is 2.31. The lowest BCUT2D eigenvalue weighted by molar-refractivity contribution is -0.137. The molecule has 0 aliphatic heterocycles. The molecule has 1 aromatic carbocycles. The van der Waals surface area contributed by atoms with Crippen molar-refractivity contribution in [1.82, 2.24) is 0 Å². The van der Waals surface area contributed by atoms with E-state index in [1.54, 1.807) is 31.2 Å². The van der Waals surface area contributed by atoms with E-state index in [1.165, 1.54) is 6.08 Å². The third-order valence-corrected chi connectivity index (χ3v) is 2.88. The number of carbonyl (C=O) groups is 1. The molecule has 0 bridgehead atoms.